The lowest BCUT2D eigenvalue weighted by Crippen LogP contribution is -2.48. The van der Waals surface area contributed by atoms with Gasteiger partial charge in [0.15, 0.2) is 0 Å². The van der Waals surface area contributed by atoms with Crippen LogP contribution in [0.5, 0.6) is 0 Å². The zero-order valence-corrected chi connectivity index (χ0v) is 17.0. The lowest BCUT2D eigenvalue weighted by molar-refractivity contribution is -0.140. The lowest BCUT2D eigenvalue weighted by Gasteiger charge is -2.29. The van der Waals surface area contributed by atoms with Gasteiger partial charge in [0.1, 0.15) is 6.04 Å². The monoisotopic (exact) mass is 366 g/mol. The van der Waals surface area contributed by atoms with Crippen LogP contribution >= 0.6 is 0 Å². The third-order valence-corrected chi connectivity index (χ3v) is 4.92. The fourth-order valence-electron chi connectivity index (χ4n) is 2.98. The van der Waals surface area contributed by atoms with E-state index in [9.17, 15) is 9.59 Å². The molecular weight excluding hydrogens is 336 g/mol. The Morgan fingerprint density at radius 1 is 0.963 bits per heavy atom. The highest BCUT2D eigenvalue weighted by Crippen LogP contribution is 2.15. The fourth-order valence-corrected chi connectivity index (χ4v) is 2.98. The van der Waals surface area contributed by atoms with E-state index >= 15 is 0 Å². The topological polar surface area (TPSA) is 49.4 Å². The predicted octanol–water partition coefficient (Wildman–Crippen LogP) is 3.71. The van der Waals surface area contributed by atoms with Crippen molar-refractivity contribution in [2.75, 3.05) is 6.54 Å². The highest BCUT2D eigenvalue weighted by molar-refractivity contribution is 5.88. The Morgan fingerprint density at radius 3 is 2.19 bits per heavy atom. The Hall–Kier alpha value is -2.62. The summed E-state index contributed by atoms with van der Waals surface area (Å²) in [5, 5.41) is 2.82. The molecule has 0 aliphatic heterocycles. The third-order valence-electron chi connectivity index (χ3n) is 4.92. The molecule has 4 nitrogen and oxygen atoms in total. The van der Waals surface area contributed by atoms with Crippen LogP contribution in [-0.2, 0) is 22.6 Å². The number of carbonyl (C=O) groups is 2. The molecule has 2 aromatic rings. The van der Waals surface area contributed by atoms with Gasteiger partial charge in [-0.25, -0.2) is 0 Å². The minimum Gasteiger partial charge on any atom is -0.355 e. The molecule has 0 bridgehead atoms. The first kappa shape index (κ1) is 20.7. The number of hydrogen-bond acceptors (Lipinski definition) is 2. The predicted molar refractivity (Wildman–Crippen MR) is 109 cm³/mol. The number of aryl methyl sites for hydroxylation is 3. The zero-order valence-electron chi connectivity index (χ0n) is 17.0. The maximum absolute atomic E-state index is 13.1. The SMILES string of the molecule is CCNC(=O)[C@H](C)N(Cc1ccc(C)cc1)C(=O)Cc1ccc(C)c(C)c1. The Balaban J connectivity index is 2.23. The third kappa shape index (κ3) is 5.68. The summed E-state index contributed by atoms with van der Waals surface area (Å²) in [6.45, 7) is 10.8. The molecule has 144 valence electrons. The van der Waals surface area contributed by atoms with E-state index < -0.39 is 6.04 Å². The number of nitrogens with zero attached hydrogens (tertiary/aromatic N) is 1. The average molecular weight is 367 g/mol. The van der Waals surface area contributed by atoms with Crippen molar-refractivity contribution in [1.82, 2.24) is 10.2 Å². The molecule has 0 spiro atoms. The van der Waals surface area contributed by atoms with Gasteiger partial charge < -0.3 is 10.2 Å². The Bertz CT molecular complexity index is 797. The van der Waals surface area contributed by atoms with E-state index in [1.165, 1.54) is 16.7 Å². The number of amides is 2. The quantitative estimate of drug-likeness (QED) is 0.812. The summed E-state index contributed by atoms with van der Waals surface area (Å²) in [5.41, 5.74) is 5.54. The van der Waals surface area contributed by atoms with Gasteiger partial charge in [0, 0.05) is 13.1 Å². The summed E-state index contributed by atoms with van der Waals surface area (Å²) < 4.78 is 0. The summed E-state index contributed by atoms with van der Waals surface area (Å²) in [4.78, 5) is 27.1. The van der Waals surface area contributed by atoms with Gasteiger partial charge in [-0.15, -0.1) is 0 Å². The molecule has 0 unspecified atom stereocenters. The summed E-state index contributed by atoms with van der Waals surface area (Å²) in [7, 11) is 0. The molecule has 1 atom stereocenters. The number of nitrogens with one attached hydrogen (secondary N) is 1. The fraction of sp³-hybridized carbons (Fsp3) is 0.391. The van der Waals surface area contributed by atoms with E-state index in [4.69, 9.17) is 0 Å². The van der Waals surface area contributed by atoms with Crippen LogP contribution < -0.4 is 5.32 Å². The molecule has 0 aromatic heterocycles. The first-order valence-corrected chi connectivity index (χ1v) is 9.50. The van der Waals surface area contributed by atoms with Crippen molar-refractivity contribution in [2.24, 2.45) is 0 Å². The largest absolute Gasteiger partial charge is 0.355 e. The van der Waals surface area contributed by atoms with Crippen LogP contribution in [0.4, 0.5) is 0 Å². The van der Waals surface area contributed by atoms with Gasteiger partial charge in [-0.05, 0) is 56.9 Å². The minimum absolute atomic E-state index is 0.0439. The van der Waals surface area contributed by atoms with Crippen LogP contribution in [0.2, 0.25) is 0 Å². The van der Waals surface area contributed by atoms with E-state index in [2.05, 4.69) is 12.2 Å². The van der Waals surface area contributed by atoms with E-state index in [-0.39, 0.29) is 18.2 Å². The van der Waals surface area contributed by atoms with Gasteiger partial charge in [-0.1, -0.05) is 48.0 Å². The maximum Gasteiger partial charge on any atom is 0.242 e. The Kier molecular flexibility index (Phi) is 7.17. The Labute approximate surface area is 162 Å². The van der Waals surface area contributed by atoms with Gasteiger partial charge in [0.25, 0.3) is 0 Å². The second kappa shape index (κ2) is 9.36. The number of likely N-dealkylation sites (N-methyl/N-ethyl adjacent to an activating group) is 1. The standard InChI is InChI=1S/C23H30N2O2/c1-6-24-23(27)19(5)25(15-20-10-7-16(2)8-11-20)22(26)14-21-12-9-17(3)18(4)13-21/h7-13,19H,6,14-15H2,1-5H3,(H,24,27)/t19-/m0/s1. The van der Waals surface area contributed by atoms with Crippen molar-refractivity contribution in [2.45, 2.75) is 53.6 Å². The molecule has 0 saturated heterocycles. The molecule has 0 heterocycles. The molecule has 2 amide bonds. The number of carbonyl (C=O) groups excluding carboxylic acids is 2. The highest BCUT2D eigenvalue weighted by Gasteiger charge is 2.25. The van der Waals surface area contributed by atoms with Crippen LogP contribution in [0.1, 0.15) is 41.7 Å². The molecular formula is C23H30N2O2. The number of benzene rings is 2. The van der Waals surface area contributed by atoms with Gasteiger partial charge in [-0.3, -0.25) is 9.59 Å². The van der Waals surface area contributed by atoms with Crippen LogP contribution in [0.25, 0.3) is 0 Å². The highest BCUT2D eigenvalue weighted by atomic mass is 16.2. The summed E-state index contributed by atoms with van der Waals surface area (Å²) >= 11 is 0. The van der Waals surface area contributed by atoms with E-state index in [0.717, 1.165) is 11.1 Å². The first-order valence-electron chi connectivity index (χ1n) is 9.50. The summed E-state index contributed by atoms with van der Waals surface area (Å²) in [5.74, 6) is -0.171. The van der Waals surface area contributed by atoms with Crippen molar-refractivity contribution in [3.05, 3.63) is 70.3 Å². The minimum atomic E-state index is -0.523. The molecule has 0 saturated carbocycles. The molecule has 0 fully saturated rings. The summed E-state index contributed by atoms with van der Waals surface area (Å²) in [6.07, 6.45) is 0.288. The van der Waals surface area contributed by atoms with Crippen LogP contribution in [0, 0.1) is 20.8 Å². The molecule has 0 aliphatic rings. The first-order chi connectivity index (χ1) is 12.8. The van der Waals surface area contributed by atoms with Gasteiger partial charge in [0.2, 0.25) is 11.8 Å². The number of rotatable bonds is 7. The second-order valence-corrected chi connectivity index (χ2v) is 7.17. The molecule has 0 aliphatic carbocycles. The molecule has 2 rings (SSSR count). The molecule has 2 aromatic carbocycles. The van der Waals surface area contributed by atoms with E-state index in [1.54, 1.807) is 11.8 Å². The number of hydrogen-bond donors (Lipinski definition) is 1. The average Bonchev–Trinajstić information content (AvgIpc) is 2.64. The van der Waals surface area contributed by atoms with Crippen LogP contribution in [0.15, 0.2) is 42.5 Å². The molecule has 27 heavy (non-hydrogen) atoms. The van der Waals surface area contributed by atoms with Crippen molar-refractivity contribution < 1.29 is 9.59 Å². The summed E-state index contributed by atoms with van der Waals surface area (Å²) in [6, 6.07) is 13.6. The zero-order chi connectivity index (χ0) is 20.0. The maximum atomic E-state index is 13.1. The smallest absolute Gasteiger partial charge is 0.242 e. The van der Waals surface area contributed by atoms with E-state index in [1.807, 2.05) is 63.2 Å². The molecule has 1 N–H and O–H groups in total. The Morgan fingerprint density at radius 2 is 1.59 bits per heavy atom. The second-order valence-electron chi connectivity index (χ2n) is 7.17. The van der Waals surface area contributed by atoms with Gasteiger partial charge >= 0.3 is 0 Å². The van der Waals surface area contributed by atoms with Crippen LogP contribution in [-0.4, -0.2) is 29.3 Å². The van der Waals surface area contributed by atoms with Crippen molar-refractivity contribution >= 4 is 11.8 Å². The van der Waals surface area contributed by atoms with Crippen molar-refractivity contribution in [3.63, 3.8) is 0 Å². The molecule has 0 radical (unpaired) electrons. The van der Waals surface area contributed by atoms with Crippen molar-refractivity contribution in [3.8, 4) is 0 Å². The normalized spacial score (nSPS) is 11.7. The van der Waals surface area contributed by atoms with E-state index in [0.29, 0.717) is 13.1 Å². The van der Waals surface area contributed by atoms with Gasteiger partial charge in [-0.2, -0.15) is 0 Å². The molecule has 4 heteroatoms. The van der Waals surface area contributed by atoms with Gasteiger partial charge in [0.05, 0.1) is 6.42 Å². The van der Waals surface area contributed by atoms with Crippen molar-refractivity contribution in [1.29, 1.82) is 0 Å². The van der Waals surface area contributed by atoms with Crippen LogP contribution in [0.3, 0.4) is 0 Å². The lowest BCUT2D eigenvalue weighted by atomic mass is 10.0.